The third-order valence-corrected chi connectivity index (χ3v) is 2.80. The van der Waals surface area contributed by atoms with Crippen LogP contribution in [-0.2, 0) is 6.42 Å². The molecular formula is C10H15NOS. The van der Waals surface area contributed by atoms with Crippen molar-refractivity contribution in [2.45, 2.75) is 12.8 Å². The number of hydrogen-bond acceptors (Lipinski definition) is 3. The Bertz CT molecular complexity index is 215. The van der Waals surface area contributed by atoms with Gasteiger partial charge < -0.3 is 5.11 Å². The number of hydrogen-bond donors (Lipinski definition) is 1. The Morgan fingerprint density at radius 2 is 2.00 bits per heavy atom. The van der Waals surface area contributed by atoms with Gasteiger partial charge in [-0.2, -0.15) is 11.8 Å². The van der Waals surface area contributed by atoms with E-state index in [0.29, 0.717) is 6.61 Å². The monoisotopic (exact) mass is 197 g/mol. The van der Waals surface area contributed by atoms with E-state index >= 15 is 0 Å². The molecule has 72 valence electrons. The Morgan fingerprint density at radius 1 is 1.23 bits per heavy atom. The Balaban J connectivity index is 2.07. The lowest BCUT2D eigenvalue weighted by Gasteiger charge is -2.00. The number of aryl methyl sites for hydroxylation is 1. The van der Waals surface area contributed by atoms with Crippen LogP contribution >= 0.6 is 11.8 Å². The van der Waals surface area contributed by atoms with Crippen LogP contribution in [0.15, 0.2) is 24.5 Å². The van der Waals surface area contributed by atoms with Crippen LogP contribution in [-0.4, -0.2) is 28.2 Å². The second kappa shape index (κ2) is 6.92. The average molecular weight is 197 g/mol. The van der Waals surface area contributed by atoms with Crippen molar-refractivity contribution in [3.05, 3.63) is 30.1 Å². The molecule has 0 aromatic carbocycles. The first kappa shape index (κ1) is 10.5. The number of aromatic nitrogens is 1. The van der Waals surface area contributed by atoms with E-state index in [1.165, 1.54) is 5.56 Å². The van der Waals surface area contributed by atoms with Crippen LogP contribution in [0, 0.1) is 0 Å². The molecule has 2 nitrogen and oxygen atoms in total. The van der Waals surface area contributed by atoms with Gasteiger partial charge in [-0.25, -0.2) is 0 Å². The van der Waals surface area contributed by atoms with Gasteiger partial charge in [0.25, 0.3) is 0 Å². The number of aliphatic hydroxyl groups is 1. The van der Waals surface area contributed by atoms with Crippen molar-refractivity contribution >= 4 is 11.8 Å². The summed E-state index contributed by atoms with van der Waals surface area (Å²) in [6.45, 7) is 0.308. The highest BCUT2D eigenvalue weighted by molar-refractivity contribution is 7.99. The highest BCUT2D eigenvalue weighted by atomic mass is 32.2. The molecule has 0 aliphatic carbocycles. The number of thioether (sulfide) groups is 1. The fourth-order valence-corrected chi connectivity index (χ4v) is 1.93. The number of nitrogens with zero attached hydrogens (tertiary/aromatic N) is 1. The van der Waals surface area contributed by atoms with Gasteiger partial charge in [-0.1, -0.05) is 0 Å². The maximum Gasteiger partial charge on any atom is 0.0438 e. The SMILES string of the molecule is OCCCSCCc1ccncc1. The molecule has 1 heterocycles. The van der Waals surface area contributed by atoms with Gasteiger partial charge in [-0.05, 0) is 42.0 Å². The van der Waals surface area contributed by atoms with Gasteiger partial charge in [0.2, 0.25) is 0 Å². The van der Waals surface area contributed by atoms with Crippen molar-refractivity contribution in [1.82, 2.24) is 4.98 Å². The standard InChI is InChI=1S/C10H15NOS/c12-7-1-8-13-9-4-10-2-5-11-6-3-10/h2-3,5-6,12H,1,4,7-9H2. The molecule has 0 aliphatic heterocycles. The van der Waals surface area contributed by atoms with Gasteiger partial charge in [-0.3, -0.25) is 4.98 Å². The first-order chi connectivity index (χ1) is 6.43. The highest BCUT2D eigenvalue weighted by Gasteiger charge is 1.92. The van der Waals surface area contributed by atoms with E-state index in [-0.39, 0.29) is 0 Å². The third-order valence-electron chi connectivity index (χ3n) is 1.73. The second-order valence-corrected chi connectivity index (χ2v) is 4.02. The molecule has 13 heavy (non-hydrogen) atoms. The minimum Gasteiger partial charge on any atom is -0.396 e. The molecule has 1 rings (SSSR count). The molecule has 0 aliphatic rings. The lowest BCUT2D eigenvalue weighted by molar-refractivity contribution is 0.296. The summed E-state index contributed by atoms with van der Waals surface area (Å²) in [5.74, 6) is 2.19. The van der Waals surface area contributed by atoms with Crippen LogP contribution in [0.3, 0.4) is 0 Å². The van der Waals surface area contributed by atoms with E-state index in [1.807, 2.05) is 36.3 Å². The van der Waals surface area contributed by atoms with Crippen molar-refractivity contribution in [1.29, 1.82) is 0 Å². The lowest BCUT2D eigenvalue weighted by atomic mass is 10.2. The first-order valence-electron chi connectivity index (χ1n) is 4.51. The predicted octanol–water partition coefficient (Wildman–Crippen LogP) is 1.74. The van der Waals surface area contributed by atoms with Gasteiger partial charge in [-0.15, -0.1) is 0 Å². The van der Waals surface area contributed by atoms with Gasteiger partial charge in [0, 0.05) is 19.0 Å². The summed E-state index contributed by atoms with van der Waals surface area (Å²) in [5, 5.41) is 8.56. The zero-order valence-electron chi connectivity index (χ0n) is 7.65. The van der Waals surface area contributed by atoms with Crippen LogP contribution in [0.4, 0.5) is 0 Å². The number of rotatable bonds is 6. The van der Waals surface area contributed by atoms with E-state index in [4.69, 9.17) is 5.11 Å². The molecular weight excluding hydrogens is 182 g/mol. The molecule has 0 unspecified atom stereocenters. The smallest absolute Gasteiger partial charge is 0.0438 e. The van der Waals surface area contributed by atoms with Crippen LogP contribution in [0.2, 0.25) is 0 Å². The molecule has 0 atom stereocenters. The van der Waals surface area contributed by atoms with Gasteiger partial charge >= 0.3 is 0 Å². The predicted molar refractivity (Wildman–Crippen MR) is 57.0 cm³/mol. The molecule has 1 N–H and O–H groups in total. The van der Waals surface area contributed by atoms with E-state index in [9.17, 15) is 0 Å². The van der Waals surface area contributed by atoms with Crippen molar-refractivity contribution in [2.24, 2.45) is 0 Å². The summed E-state index contributed by atoms with van der Waals surface area (Å²) >= 11 is 1.89. The van der Waals surface area contributed by atoms with Crippen molar-refractivity contribution in [2.75, 3.05) is 18.1 Å². The van der Waals surface area contributed by atoms with Crippen LogP contribution in [0.1, 0.15) is 12.0 Å². The molecule has 0 radical (unpaired) electrons. The summed E-state index contributed by atoms with van der Waals surface area (Å²) in [6, 6.07) is 4.10. The van der Waals surface area contributed by atoms with Crippen molar-refractivity contribution < 1.29 is 5.11 Å². The average Bonchev–Trinajstić information content (AvgIpc) is 2.19. The lowest BCUT2D eigenvalue weighted by Crippen LogP contribution is -1.91. The topological polar surface area (TPSA) is 33.1 Å². The maximum absolute atomic E-state index is 8.56. The fraction of sp³-hybridized carbons (Fsp3) is 0.500. The Labute approximate surface area is 83.4 Å². The molecule has 0 saturated carbocycles. The van der Waals surface area contributed by atoms with Crippen LogP contribution in [0.5, 0.6) is 0 Å². The number of aliphatic hydroxyl groups excluding tert-OH is 1. The first-order valence-corrected chi connectivity index (χ1v) is 5.66. The van der Waals surface area contributed by atoms with E-state index in [2.05, 4.69) is 4.98 Å². The Morgan fingerprint density at radius 3 is 2.69 bits per heavy atom. The second-order valence-electron chi connectivity index (χ2n) is 2.79. The zero-order valence-corrected chi connectivity index (χ0v) is 8.46. The summed E-state index contributed by atoms with van der Waals surface area (Å²) in [5.41, 5.74) is 1.34. The van der Waals surface area contributed by atoms with E-state index in [0.717, 1.165) is 24.3 Å². The summed E-state index contributed by atoms with van der Waals surface area (Å²) in [6.07, 6.45) is 5.65. The molecule has 3 heteroatoms. The molecule has 1 aromatic rings. The summed E-state index contributed by atoms with van der Waals surface area (Å²) < 4.78 is 0. The number of pyridine rings is 1. The molecule has 0 fully saturated rings. The highest BCUT2D eigenvalue weighted by Crippen LogP contribution is 2.06. The molecule has 0 spiro atoms. The van der Waals surface area contributed by atoms with Crippen LogP contribution < -0.4 is 0 Å². The van der Waals surface area contributed by atoms with Gasteiger partial charge in [0.1, 0.15) is 0 Å². The molecule has 0 bridgehead atoms. The normalized spacial score (nSPS) is 10.2. The van der Waals surface area contributed by atoms with Crippen LogP contribution in [0.25, 0.3) is 0 Å². The molecule has 0 amide bonds. The minimum absolute atomic E-state index is 0.308. The maximum atomic E-state index is 8.56. The third kappa shape index (κ3) is 4.90. The molecule has 0 saturated heterocycles. The minimum atomic E-state index is 0.308. The van der Waals surface area contributed by atoms with Crippen molar-refractivity contribution in [3.8, 4) is 0 Å². The van der Waals surface area contributed by atoms with E-state index < -0.39 is 0 Å². The largest absolute Gasteiger partial charge is 0.396 e. The summed E-state index contributed by atoms with van der Waals surface area (Å²) in [4.78, 5) is 3.96. The Hall–Kier alpha value is -0.540. The quantitative estimate of drug-likeness (QED) is 0.705. The molecule has 1 aromatic heterocycles. The van der Waals surface area contributed by atoms with Gasteiger partial charge in [0.15, 0.2) is 0 Å². The van der Waals surface area contributed by atoms with E-state index in [1.54, 1.807) is 0 Å². The Kier molecular flexibility index (Phi) is 5.61. The zero-order chi connectivity index (χ0) is 9.36. The fourth-order valence-electron chi connectivity index (χ4n) is 1.01. The van der Waals surface area contributed by atoms with Crippen molar-refractivity contribution in [3.63, 3.8) is 0 Å². The summed E-state index contributed by atoms with van der Waals surface area (Å²) in [7, 11) is 0. The van der Waals surface area contributed by atoms with Gasteiger partial charge in [0.05, 0.1) is 0 Å².